The molecule has 0 spiro atoms. The molecule has 0 unspecified atom stereocenters. The third-order valence-corrected chi connectivity index (χ3v) is 3.91. The van der Waals surface area contributed by atoms with Gasteiger partial charge in [0, 0.05) is 31.5 Å². The molecule has 0 fully saturated rings. The van der Waals surface area contributed by atoms with Crippen LogP contribution in [-0.4, -0.2) is 20.0 Å². The monoisotopic (exact) mass is 302 g/mol. The van der Waals surface area contributed by atoms with E-state index in [1.54, 1.807) is 22.8 Å². The Balaban J connectivity index is 1.81. The Morgan fingerprint density at radius 2 is 2.14 bits per heavy atom. The topological polar surface area (TPSA) is 51.9 Å². The molecule has 0 saturated carbocycles. The minimum atomic E-state index is -0.115. The van der Waals surface area contributed by atoms with Crippen molar-refractivity contribution >= 4 is 28.5 Å². The van der Waals surface area contributed by atoms with Gasteiger partial charge in [-0.3, -0.25) is 4.79 Å². The van der Waals surface area contributed by atoms with E-state index in [2.05, 4.69) is 10.3 Å². The number of hydrogen-bond donors (Lipinski definition) is 1. The average Bonchev–Trinajstić information content (AvgIpc) is 3.01. The number of rotatable bonds is 3. The van der Waals surface area contributed by atoms with Crippen LogP contribution in [0.2, 0.25) is 5.28 Å². The van der Waals surface area contributed by atoms with Gasteiger partial charge in [0.15, 0.2) is 0 Å². The van der Waals surface area contributed by atoms with Crippen LogP contribution in [-0.2, 0) is 20.6 Å². The molecule has 0 aliphatic heterocycles. The maximum atomic E-state index is 12.2. The molecule has 1 amide bonds. The molecule has 2 heterocycles. The summed E-state index contributed by atoms with van der Waals surface area (Å²) in [7, 11) is 3.77. The summed E-state index contributed by atoms with van der Waals surface area (Å²) < 4.78 is 3.73. The number of nitrogens with one attached hydrogen (secondary N) is 1. The number of carbonyl (C=O) groups excluding carboxylic acids is 1. The van der Waals surface area contributed by atoms with Gasteiger partial charge in [-0.1, -0.05) is 0 Å². The summed E-state index contributed by atoms with van der Waals surface area (Å²) in [6.45, 7) is 0.493. The molecular weight excluding hydrogens is 288 g/mol. The molecule has 108 valence electrons. The molecule has 3 rings (SSSR count). The second kappa shape index (κ2) is 5.26. The van der Waals surface area contributed by atoms with E-state index in [-0.39, 0.29) is 5.91 Å². The maximum Gasteiger partial charge on any atom is 0.251 e. The summed E-state index contributed by atoms with van der Waals surface area (Å²) in [6.07, 6.45) is 1.95. The van der Waals surface area contributed by atoms with Gasteiger partial charge in [0.2, 0.25) is 5.28 Å². The smallest absolute Gasteiger partial charge is 0.251 e. The molecule has 0 saturated heterocycles. The highest BCUT2D eigenvalue weighted by Gasteiger charge is 2.11. The van der Waals surface area contributed by atoms with Crippen LogP contribution in [0.3, 0.4) is 0 Å². The molecule has 0 radical (unpaired) electrons. The lowest BCUT2D eigenvalue weighted by Gasteiger charge is -2.07. The van der Waals surface area contributed by atoms with Crippen molar-refractivity contribution < 1.29 is 4.79 Å². The first kappa shape index (κ1) is 13.7. The van der Waals surface area contributed by atoms with Crippen molar-refractivity contribution in [3.63, 3.8) is 0 Å². The lowest BCUT2D eigenvalue weighted by Crippen LogP contribution is -2.23. The van der Waals surface area contributed by atoms with E-state index < -0.39 is 0 Å². The van der Waals surface area contributed by atoms with E-state index in [9.17, 15) is 4.79 Å². The summed E-state index contributed by atoms with van der Waals surface area (Å²) in [4.78, 5) is 16.4. The molecule has 1 N–H and O–H groups in total. The molecule has 21 heavy (non-hydrogen) atoms. The van der Waals surface area contributed by atoms with Crippen LogP contribution in [0.25, 0.3) is 11.0 Å². The SMILES string of the molecule is Cn1cccc1CNC(=O)c1ccc2nc(Cl)n(C)c2c1. The summed E-state index contributed by atoms with van der Waals surface area (Å²) in [5.74, 6) is -0.115. The standard InChI is InChI=1S/C15H15ClN4O/c1-19-7-3-4-11(19)9-17-14(21)10-5-6-12-13(8-10)20(2)15(16)18-12/h3-8H,9H2,1-2H3,(H,17,21). The highest BCUT2D eigenvalue weighted by atomic mass is 35.5. The third-order valence-electron chi connectivity index (χ3n) is 3.57. The van der Waals surface area contributed by atoms with Crippen LogP contribution in [0.1, 0.15) is 16.1 Å². The van der Waals surface area contributed by atoms with Crippen molar-refractivity contribution in [3.8, 4) is 0 Å². The number of benzene rings is 1. The van der Waals surface area contributed by atoms with Crippen molar-refractivity contribution in [1.29, 1.82) is 0 Å². The van der Waals surface area contributed by atoms with Gasteiger partial charge in [0.25, 0.3) is 5.91 Å². The van der Waals surface area contributed by atoms with Crippen LogP contribution >= 0.6 is 11.6 Å². The number of halogens is 1. The molecule has 3 aromatic rings. The van der Waals surface area contributed by atoms with E-state index in [0.717, 1.165) is 16.7 Å². The number of carbonyl (C=O) groups is 1. The number of fused-ring (bicyclic) bond motifs is 1. The Kier molecular flexibility index (Phi) is 3.43. The van der Waals surface area contributed by atoms with Crippen LogP contribution in [0, 0.1) is 0 Å². The number of aryl methyl sites for hydroxylation is 2. The predicted molar refractivity (Wildman–Crippen MR) is 82.3 cm³/mol. The summed E-state index contributed by atoms with van der Waals surface area (Å²) >= 11 is 5.98. The second-order valence-electron chi connectivity index (χ2n) is 4.94. The van der Waals surface area contributed by atoms with Crippen molar-refractivity contribution in [1.82, 2.24) is 19.4 Å². The zero-order valence-electron chi connectivity index (χ0n) is 11.8. The van der Waals surface area contributed by atoms with Crippen molar-refractivity contribution in [3.05, 3.63) is 53.1 Å². The summed E-state index contributed by atoms with van der Waals surface area (Å²) in [6, 6.07) is 9.29. The molecule has 0 aliphatic rings. The fraction of sp³-hybridized carbons (Fsp3) is 0.200. The van der Waals surface area contributed by atoms with Gasteiger partial charge >= 0.3 is 0 Å². The molecule has 0 aliphatic carbocycles. The van der Waals surface area contributed by atoms with Gasteiger partial charge < -0.3 is 14.5 Å². The highest BCUT2D eigenvalue weighted by molar-refractivity contribution is 6.29. The van der Waals surface area contributed by atoms with E-state index in [1.807, 2.05) is 37.0 Å². The van der Waals surface area contributed by atoms with Gasteiger partial charge in [-0.15, -0.1) is 0 Å². The Labute approximate surface area is 127 Å². The third kappa shape index (κ3) is 2.52. The number of aromatic nitrogens is 3. The van der Waals surface area contributed by atoms with Gasteiger partial charge in [0.1, 0.15) is 0 Å². The second-order valence-corrected chi connectivity index (χ2v) is 5.27. The Bertz CT molecular complexity index is 818. The first-order chi connectivity index (χ1) is 10.1. The van der Waals surface area contributed by atoms with Crippen molar-refractivity contribution in [2.75, 3.05) is 0 Å². The van der Waals surface area contributed by atoms with Crippen LogP contribution in [0.15, 0.2) is 36.5 Å². The minimum absolute atomic E-state index is 0.115. The maximum absolute atomic E-state index is 12.2. The average molecular weight is 303 g/mol. The van der Waals surface area contributed by atoms with Gasteiger partial charge in [0.05, 0.1) is 17.6 Å². The first-order valence-electron chi connectivity index (χ1n) is 6.56. The Hall–Kier alpha value is -2.27. The molecule has 0 atom stereocenters. The largest absolute Gasteiger partial charge is 0.353 e. The van der Waals surface area contributed by atoms with E-state index >= 15 is 0 Å². The van der Waals surface area contributed by atoms with Gasteiger partial charge in [-0.25, -0.2) is 4.98 Å². The van der Waals surface area contributed by atoms with Crippen LogP contribution in [0.4, 0.5) is 0 Å². The van der Waals surface area contributed by atoms with Crippen LogP contribution < -0.4 is 5.32 Å². The summed E-state index contributed by atoms with van der Waals surface area (Å²) in [5.41, 5.74) is 3.26. The fourth-order valence-corrected chi connectivity index (χ4v) is 2.44. The van der Waals surface area contributed by atoms with Gasteiger partial charge in [-0.05, 0) is 41.9 Å². The number of nitrogens with zero attached hydrogens (tertiary/aromatic N) is 3. The van der Waals surface area contributed by atoms with Crippen molar-refractivity contribution in [2.45, 2.75) is 6.54 Å². The quantitative estimate of drug-likeness (QED) is 0.808. The normalized spacial score (nSPS) is 11.0. The Morgan fingerprint density at radius 3 is 2.86 bits per heavy atom. The first-order valence-corrected chi connectivity index (χ1v) is 6.94. The lowest BCUT2D eigenvalue weighted by molar-refractivity contribution is 0.0950. The van der Waals surface area contributed by atoms with Gasteiger partial charge in [-0.2, -0.15) is 0 Å². The molecule has 0 bridgehead atoms. The molecule has 2 aromatic heterocycles. The number of amides is 1. The predicted octanol–water partition coefficient (Wildman–Crippen LogP) is 2.50. The number of hydrogen-bond acceptors (Lipinski definition) is 2. The summed E-state index contributed by atoms with van der Waals surface area (Å²) in [5, 5.41) is 3.32. The van der Waals surface area contributed by atoms with E-state index in [4.69, 9.17) is 11.6 Å². The van der Waals surface area contributed by atoms with Crippen LogP contribution in [0.5, 0.6) is 0 Å². The minimum Gasteiger partial charge on any atom is -0.353 e. The molecule has 1 aromatic carbocycles. The highest BCUT2D eigenvalue weighted by Crippen LogP contribution is 2.19. The molecular formula is C15H15ClN4O. The van der Waals surface area contributed by atoms with E-state index in [1.165, 1.54) is 0 Å². The fourth-order valence-electron chi connectivity index (χ4n) is 2.25. The molecule has 5 nitrogen and oxygen atoms in total. The zero-order chi connectivity index (χ0) is 15.0. The number of imidazole rings is 1. The lowest BCUT2D eigenvalue weighted by atomic mass is 10.2. The molecule has 6 heteroatoms. The van der Waals surface area contributed by atoms with E-state index in [0.29, 0.717) is 17.4 Å². The zero-order valence-corrected chi connectivity index (χ0v) is 12.6. The van der Waals surface area contributed by atoms with Crippen molar-refractivity contribution in [2.24, 2.45) is 14.1 Å². The Morgan fingerprint density at radius 1 is 1.33 bits per heavy atom.